The molecule has 0 aliphatic heterocycles. The number of hydrogen-bond acceptors (Lipinski definition) is 3. The highest BCUT2D eigenvalue weighted by Gasteiger charge is 2.05. The van der Waals surface area contributed by atoms with Gasteiger partial charge in [0.1, 0.15) is 0 Å². The molecule has 3 N–H and O–H groups in total. The van der Waals surface area contributed by atoms with Gasteiger partial charge in [0.05, 0.1) is 0 Å². The van der Waals surface area contributed by atoms with Crippen molar-refractivity contribution in [1.82, 2.24) is 5.32 Å². The van der Waals surface area contributed by atoms with E-state index in [1.54, 1.807) is 43.1 Å². The van der Waals surface area contributed by atoms with Gasteiger partial charge in [-0.15, -0.1) is 11.8 Å². The predicted octanol–water partition coefficient (Wildman–Crippen LogP) is 3.56. The number of carbonyl (C=O) groups is 2. The van der Waals surface area contributed by atoms with Gasteiger partial charge in [0.25, 0.3) is 0 Å². The Morgan fingerprint density at radius 3 is 2.35 bits per heavy atom. The third kappa shape index (κ3) is 6.04. The number of hydrogen-bond donors (Lipinski definition) is 3. The van der Waals surface area contributed by atoms with Crippen molar-refractivity contribution in [2.75, 3.05) is 23.4 Å². The van der Waals surface area contributed by atoms with Gasteiger partial charge in [-0.2, -0.15) is 0 Å². The lowest BCUT2D eigenvalue weighted by Gasteiger charge is -2.08. The van der Waals surface area contributed by atoms with E-state index < -0.39 is 0 Å². The van der Waals surface area contributed by atoms with Gasteiger partial charge < -0.3 is 16.0 Å². The first-order chi connectivity index (χ1) is 11.2. The molecule has 0 heterocycles. The Morgan fingerprint density at radius 1 is 0.957 bits per heavy atom. The predicted molar refractivity (Wildman–Crippen MR) is 94.9 cm³/mol. The fourth-order valence-electron chi connectivity index (χ4n) is 1.87. The summed E-state index contributed by atoms with van der Waals surface area (Å²) in [6.07, 6.45) is 0.423. The van der Waals surface area contributed by atoms with Crippen LogP contribution in [0, 0.1) is 0 Å². The van der Waals surface area contributed by atoms with E-state index in [0.29, 0.717) is 23.5 Å². The van der Waals surface area contributed by atoms with Gasteiger partial charge in [-0.25, -0.2) is 4.79 Å². The second-order valence-corrected chi connectivity index (χ2v) is 5.91. The zero-order valence-electron chi connectivity index (χ0n) is 12.8. The van der Waals surface area contributed by atoms with Crippen LogP contribution in [0.4, 0.5) is 16.2 Å². The quantitative estimate of drug-likeness (QED) is 0.710. The molecular weight excluding hydrogens is 310 g/mol. The molecule has 120 valence electrons. The van der Waals surface area contributed by atoms with Gasteiger partial charge in [-0.1, -0.05) is 24.3 Å². The highest BCUT2D eigenvalue weighted by molar-refractivity contribution is 7.99. The van der Waals surface area contributed by atoms with E-state index in [4.69, 9.17) is 0 Å². The molecule has 0 fully saturated rings. The molecule has 0 atom stereocenters. The standard InChI is InChI=1S/C17H19N3O2S/c1-18-17(22)20-14-7-5-6-13(12-14)19-16(21)10-11-23-15-8-3-2-4-9-15/h2-9,12H,10-11H2,1H3,(H,19,21)(H2,18,20,22). The van der Waals surface area contributed by atoms with Crippen molar-refractivity contribution in [1.29, 1.82) is 0 Å². The van der Waals surface area contributed by atoms with E-state index in [0.717, 1.165) is 4.90 Å². The third-order valence-electron chi connectivity index (χ3n) is 2.97. The third-order valence-corrected chi connectivity index (χ3v) is 3.99. The van der Waals surface area contributed by atoms with E-state index in [1.807, 2.05) is 30.3 Å². The Morgan fingerprint density at radius 2 is 1.65 bits per heavy atom. The van der Waals surface area contributed by atoms with Gasteiger partial charge in [0.2, 0.25) is 5.91 Å². The molecule has 0 aromatic heterocycles. The largest absolute Gasteiger partial charge is 0.341 e. The second kappa shape index (κ2) is 8.85. The lowest BCUT2D eigenvalue weighted by molar-refractivity contribution is -0.115. The van der Waals surface area contributed by atoms with Crippen LogP contribution in [0.5, 0.6) is 0 Å². The van der Waals surface area contributed by atoms with Crippen molar-refractivity contribution in [3.63, 3.8) is 0 Å². The van der Waals surface area contributed by atoms with Gasteiger partial charge in [0, 0.05) is 35.5 Å². The van der Waals surface area contributed by atoms with Gasteiger partial charge >= 0.3 is 6.03 Å². The zero-order chi connectivity index (χ0) is 16.5. The SMILES string of the molecule is CNC(=O)Nc1cccc(NC(=O)CCSc2ccccc2)c1. The van der Waals surface area contributed by atoms with Crippen molar-refractivity contribution in [2.24, 2.45) is 0 Å². The number of rotatable bonds is 6. The fourth-order valence-corrected chi connectivity index (χ4v) is 2.74. The Balaban J connectivity index is 1.80. The molecule has 0 saturated heterocycles. The molecule has 0 radical (unpaired) electrons. The molecule has 3 amide bonds. The summed E-state index contributed by atoms with van der Waals surface area (Å²) in [5.74, 6) is 0.664. The normalized spacial score (nSPS) is 9.96. The first-order valence-corrected chi connectivity index (χ1v) is 8.22. The van der Waals surface area contributed by atoms with Crippen molar-refractivity contribution in [2.45, 2.75) is 11.3 Å². The van der Waals surface area contributed by atoms with Crippen LogP contribution in [0.3, 0.4) is 0 Å². The Labute approximate surface area is 139 Å². The average molecular weight is 329 g/mol. The molecule has 0 bridgehead atoms. The van der Waals surface area contributed by atoms with Crippen LogP contribution in [0.1, 0.15) is 6.42 Å². The number of urea groups is 1. The molecule has 5 nitrogen and oxygen atoms in total. The van der Waals surface area contributed by atoms with Crippen LogP contribution >= 0.6 is 11.8 Å². The summed E-state index contributed by atoms with van der Waals surface area (Å²) in [4.78, 5) is 24.4. The molecule has 2 rings (SSSR count). The van der Waals surface area contributed by atoms with Gasteiger partial charge in [0.15, 0.2) is 0 Å². The first kappa shape index (κ1) is 16.9. The van der Waals surface area contributed by atoms with E-state index >= 15 is 0 Å². The smallest absolute Gasteiger partial charge is 0.318 e. The summed E-state index contributed by atoms with van der Waals surface area (Å²) in [5, 5.41) is 7.98. The Kier molecular flexibility index (Phi) is 6.50. The average Bonchev–Trinajstić information content (AvgIpc) is 2.56. The van der Waals surface area contributed by atoms with Crippen LogP contribution < -0.4 is 16.0 Å². The molecule has 0 aliphatic rings. The maximum Gasteiger partial charge on any atom is 0.318 e. The van der Waals surface area contributed by atoms with E-state index in [1.165, 1.54) is 0 Å². The summed E-state index contributed by atoms with van der Waals surface area (Å²) >= 11 is 1.65. The highest BCUT2D eigenvalue weighted by Crippen LogP contribution is 2.19. The number of benzene rings is 2. The number of anilines is 2. The van der Waals surface area contributed by atoms with Crippen LogP contribution in [-0.4, -0.2) is 24.7 Å². The molecule has 0 saturated carbocycles. The van der Waals surface area contributed by atoms with Gasteiger partial charge in [-0.3, -0.25) is 4.79 Å². The number of amides is 3. The molecular formula is C17H19N3O2S. The zero-order valence-corrected chi connectivity index (χ0v) is 13.7. The van der Waals surface area contributed by atoms with Crippen molar-refractivity contribution >= 4 is 35.1 Å². The van der Waals surface area contributed by atoms with Crippen molar-refractivity contribution in [3.05, 3.63) is 54.6 Å². The summed E-state index contributed by atoms with van der Waals surface area (Å²) in [5.41, 5.74) is 1.29. The Bertz CT molecular complexity index is 662. The summed E-state index contributed by atoms with van der Waals surface area (Å²) < 4.78 is 0. The van der Waals surface area contributed by atoms with Crippen molar-refractivity contribution in [3.8, 4) is 0 Å². The lowest BCUT2D eigenvalue weighted by atomic mass is 10.2. The first-order valence-electron chi connectivity index (χ1n) is 7.24. The van der Waals surface area contributed by atoms with Crippen LogP contribution in [0.15, 0.2) is 59.5 Å². The molecule has 2 aromatic rings. The molecule has 0 aliphatic carbocycles. The van der Waals surface area contributed by atoms with E-state index in [9.17, 15) is 9.59 Å². The molecule has 0 spiro atoms. The minimum atomic E-state index is -0.298. The lowest BCUT2D eigenvalue weighted by Crippen LogP contribution is -2.24. The maximum absolute atomic E-state index is 12.0. The maximum atomic E-state index is 12.0. The Hall–Kier alpha value is -2.47. The topological polar surface area (TPSA) is 70.2 Å². The van der Waals surface area contributed by atoms with E-state index in [-0.39, 0.29) is 11.9 Å². The molecule has 23 heavy (non-hydrogen) atoms. The molecule has 0 unspecified atom stereocenters. The second-order valence-electron chi connectivity index (χ2n) is 4.74. The summed E-state index contributed by atoms with van der Waals surface area (Å²) in [6.45, 7) is 0. The minimum absolute atomic E-state index is 0.0504. The number of thioether (sulfide) groups is 1. The van der Waals surface area contributed by atoms with E-state index in [2.05, 4.69) is 16.0 Å². The fraction of sp³-hybridized carbons (Fsp3) is 0.176. The van der Waals surface area contributed by atoms with Crippen LogP contribution in [-0.2, 0) is 4.79 Å². The van der Waals surface area contributed by atoms with Crippen molar-refractivity contribution < 1.29 is 9.59 Å². The number of nitrogens with one attached hydrogen (secondary N) is 3. The van der Waals surface area contributed by atoms with Gasteiger partial charge in [-0.05, 0) is 30.3 Å². The summed E-state index contributed by atoms with van der Waals surface area (Å²) in [6, 6.07) is 16.7. The number of carbonyl (C=O) groups excluding carboxylic acids is 2. The molecule has 2 aromatic carbocycles. The minimum Gasteiger partial charge on any atom is -0.341 e. The van der Waals surface area contributed by atoms with Crippen LogP contribution in [0.25, 0.3) is 0 Å². The monoisotopic (exact) mass is 329 g/mol. The highest BCUT2D eigenvalue weighted by atomic mass is 32.2. The summed E-state index contributed by atoms with van der Waals surface area (Å²) in [7, 11) is 1.55. The van der Waals surface area contributed by atoms with Crippen LogP contribution in [0.2, 0.25) is 0 Å². The molecule has 6 heteroatoms.